The van der Waals surface area contributed by atoms with E-state index in [0.717, 1.165) is 6.42 Å². The van der Waals surface area contributed by atoms with Crippen molar-refractivity contribution < 1.29 is 8.78 Å². The molecule has 0 aliphatic heterocycles. The van der Waals surface area contributed by atoms with Gasteiger partial charge in [-0.2, -0.15) is 0 Å². The topological polar surface area (TPSA) is 12.0 Å². The molecule has 0 atom stereocenters. The summed E-state index contributed by atoms with van der Waals surface area (Å²) in [7, 11) is 0. The molecule has 0 aromatic heterocycles. The summed E-state index contributed by atoms with van der Waals surface area (Å²) < 4.78 is 27.5. The predicted molar refractivity (Wildman–Crippen MR) is 73.7 cm³/mol. The van der Waals surface area contributed by atoms with E-state index >= 15 is 0 Å². The average Bonchev–Trinajstić information content (AvgIpc) is 2.34. The van der Waals surface area contributed by atoms with Gasteiger partial charge in [-0.1, -0.05) is 48.0 Å². The molecule has 0 amide bonds. The van der Waals surface area contributed by atoms with Crippen LogP contribution >= 0.6 is 15.9 Å². The van der Waals surface area contributed by atoms with Crippen molar-refractivity contribution in [2.45, 2.75) is 38.5 Å². The number of anilines is 1. The van der Waals surface area contributed by atoms with Crippen molar-refractivity contribution in [2.75, 3.05) is 11.9 Å². The molecule has 1 aromatic carbocycles. The largest absolute Gasteiger partial charge is 0.380 e. The van der Waals surface area contributed by atoms with Crippen LogP contribution in [0.5, 0.6) is 0 Å². The summed E-state index contributed by atoms with van der Waals surface area (Å²) in [6.45, 7) is 0.639. The van der Waals surface area contributed by atoms with Gasteiger partial charge in [-0.3, -0.25) is 0 Å². The lowest BCUT2D eigenvalue weighted by Gasteiger charge is -2.21. The number of benzene rings is 1. The molecule has 0 saturated heterocycles. The summed E-state index contributed by atoms with van der Waals surface area (Å²) in [5, 5.41) is 2.88. The van der Waals surface area contributed by atoms with Crippen LogP contribution in [0, 0.1) is 17.6 Å². The Bertz CT molecular complexity index is 380. The fourth-order valence-corrected chi connectivity index (χ4v) is 2.99. The Morgan fingerprint density at radius 1 is 1.11 bits per heavy atom. The van der Waals surface area contributed by atoms with E-state index in [1.807, 2.05) is 0 Å². The van der Waals surface area contributed by atoms with Crippen molar-refractivity contribution in [3.05, 3.63) is 28.2 Å². The van der Waals surface area contributed by atoms with Crippen LogP contribution in [-0.4, -0.2) is 6.54 Å². The molecule has 1 aliphatic carbocycles. The van der Waals surface area contributed by atoms with Gasteiger partial charge in [0.25, 0.3) is 0 Å². The van der Waals surface area contributed by atoms with E-state index in [1.54, 1.807) is 0 Å². The number of hydrogen-bond donors (Lipinski definition) is 1. The highest BCUT2D eigenvalue weighted by Crippen LogP contribution is 2.27. The quantitative estimate of drug-likeness (QED) is 0.813. The predicted octanol–water partition coefficient (Wildman–Crippen LogP) is 5.11. The van der Waals surface area contributed by atoms with Gasteiger partial charge in [-0.25, -0.2) is 8.78 Å². The third kappa shape index (κ3) is 3.67. The number of hydrogen-bond acceptors (Lipinski definition) is 1. The van der Waals surface area contributed by atoms with Gasteiger partial charge in [0.15, 0.2) is 0 Å². The van der Waals surface area contributed by atoms with Crippen molar-refractivity contribution >= 4 is 21.6 Å². The van der Waals surface area contributed by atoms with Crippen LogP contribution in [0.15, 0.2) is 16.6 Å². The van der Waals surface area contributed by atoms with E-state index in [2.05, 4.69) is 21.2 Å². The average molecular weight is 318 g/mol. The molecule has 0 bridgehead atoms. The van der Waals surface area contributed by atoms with Crippen molar-refractivity contribution in [2.24, 2.45) is 5.92 Å². The van der Waals surface area contributed by atoms with Gasteiger partial charge in [0.2, 0.25) is 0 Å². The molecule has 4 heteroatoms. The van der Waals surface area contributed by atoms with Gasteiger partial charge in [0.1, 0.15) is 17.3 Å². The van der Waals surface area contributed by atoms with Gasteiger partial charge >= 0.3 is 0 Å². The lowest BCUT2D eigenvalue weighted by Crippen LogP contribution is -2.13. The molecule has 1 N–H and O–H groups in total. The second kappa shape index (κ2) is 6.50. The van der Waals surface area contributed by atoms with E-state index < -0.39 is 11.6 Å². The molecule has 1 aliphatic rings. The maximum Gasteiger partial charge on any atom is 0.150 e. The summed E-state index contributed by atoms with van der Waals surface area (Å²) in [4.78, 5) is 0. The Morgan fingerprint density at radius 2 is 1.72 bits per heavy atom. The van der Waals surface area contributed by atoms with Gasteiger partial charge < -0.3 is 5.32 Å². The lowest BCUT2D eigenvalue weighted by atomic mass is 9.87. The van der Waals surface area contributed by atoms with Crippen LogP contribution in [0.1, 0.15) is 38.5 Å². The molecule has 1 fully saturated rings. The summed E-state index contributed by atoms with van der Waals surface area (Å²) in [6.07, 6.45) is 7.44. The highest BCUT2D eigenvalue weighted by Gasteiger charge is 2.14. The first-order valence-electron chi connectivity index (χ1n) is 6.55. The summed E-state index contributed by atoms with van der Waals surface area (Å²) in [6, 6.07) is 2.57. The third-order valence-corrected chi connectivity index (χ3v) is 4.04. The van der Waals surface area contributed by atoms with Gasteiger partial charge in [-0.15, -0.1) is 0 Å². The van der Waals surface area contributed by atoms with Gasteiger partial charge in [0, 0.05) is 11.0 Å². The monoisotopic (exact) mass is 317 g/mol. The first kappa shape index (κ1) is 13.8. The summed E-state index contributed by atoms with van der Waals surface area (Å²) in [5.74, 6) is -0.358. The van der Waals surface area contributed by atoms with Crippen molar-refractivity contribution in [3.8, 4) is 0 Å². The van der Waals surface area contributed by atoms with Crippen LogP contribution in [-0.2, 0) is 0 Å². The minimum absolute atomic E-state index is 0.00555. The minimum Gasteiger partial charge on any atom is -0.380 e. The maximum absolute atomic E-state index is 13.5. The lowest BCUT2D eigenvalue weighted by molar-refractivity contribution is 0.345. The zero-order valence-corrected chi connectivity index (χ0v) is 11.9. The van der Waals surface area contributed by atoms with E-state index in [9.17, 15) is 8.78 Å². The Morgan fingerprint density at radius 3 is 2.33 bits per heavy atom. The van der Waals surface area contributed by atoms with E-state index in [-0.39, 0.29) is 5.69 Å². The van der Waals surface area contributed by atoms with Crippen LogP contribution in [0.4, 0.5) is 14.5 Å². The minimum atomic E-state index is -0.537. The Balaban J connectivity index is 1.86. The number of rotatable bonds is 4. The van der Waals surface area contributed by atoms with Crippen LogP contribution < -0.4 is 5.32 Å². The molecule has 100 valence electrons. The molecule has 18 heavy (non-hydrogen) atoms. The number of halogens is 3. The maximum atomic E-state index is 13.5. The van der Waals surface area contributed by atoms with Crippen molar-refractivity contribution in [3.63, 3.8) is 0 Å². The molecule has 1 aromatic rings. The standard InChI is InChI=1S/C14H18BrF2N/c15-11-8-12(16)14(13(17)9-11)18-7-6-10-4-2-1-3-5-10/h8-10,18H,1-7H2. The third-order valence-electron chi connectivity index (χ3n) is 3.59. The Hall–Kier alpha value is -0.640. The molecular weight excluding hydrogens is 300 g/mol. The Kier molecular flexibility index (Phi) is 4.98. The molecule has 0 unspecified atom stereocenters. The highest BCUT2D eigenvalue weighted by atomic mass is 79.9. The smallest absolute Gasteiger partial charge is 0.150 e. The second-order valence-electron chi connectivity index (χ2n) is 4.96. The zero-order valence-electron chi connectivity index (χ0n) is 10.3. The van der Waals surface area contributed by atoms with E-state index in [4.69, 9.17) is 0 Å². The van der Waals surface area contributed by atoms with E-state index in [0.29, 0.717) is 16.9 Å². The molecule has 0 spiro atoms. The second-order valence-corrected chi connectivity index (χ2v) is 5.88. The fourth-order valence-electron chi connectivity index (χ4n) is 2.59. The highest BCUT2D eigenvalue weighted by molar-refractivity contribution is 9.10. The molecule has 1 saturated carbocycles. The van der Waals surface area contributed by atoms with Crippen molar-refractivity contribution in [1.82, 2.24) is 0 Å². The normalized spacial score (nSPS) is 16.8. The van der Waals surface area contributed by atoms with Crippen LogP contribution in [0.25, 0.3) is 0 Å². The molecule has 2 rings (SSSR count). The first-order chi connectivity index (χ1) is 8.66. The fraction of sp³-hybridized carbons (Fsp3) is 0.571. The summed E-state index contributed by atoms with van der Waals surface area (Å²) >= 11 is 3.07. The zero-order chi connectivity index (χ0) is 13.0. The molecule has 1 nitrogen and oxygen atoms in total. The molecule has 0 radical (unpaired) electrons. The van der Waals surface area contributed by atoms with Crippen LogP contribution in [0.3, 0.4) is 0 Å². The van der Waals surface area contributed by atoms with Crippen LogP contribution in [0.2, 0.25) is 0 Å². The molecule has 0 heterocycles. The molecular formula is C14H18BrF2N. The van der Waals surface area contributed by atoms with Gasteiger partial charge in [0.05, 0.1) is 0 Å². The van der Waals surface area contributed by atoms with Crippen molar-refractivity contribution in [1.29, 1.82) is 0 Å². The SMILES string of the molecule is Fc1cc(Br)cc(F)c1NCCC1CCCCC1. The first-order valence-corrected chi connectivity index (χ1v) is 7.34. The van der Waals surface area contributed by atoms with E-state index in [1.165, 1.54) is 44.2 Å². The summed E-state index contributed by atoms with van der Waals surface area (Å²) in [5.41, 5.74) is -0.00555. The van der Waals surface area contributed by atoms with Gasteiger partial charge in [-0.05, 0) is 24.5 Å². The Labute approximate surface area is 115 Å². The number of nitrogens with one attached hydrogen (secondary N) is 1.